The highest BCUT2D eigenvalue weighted by Crippen LogP contribution is 2.35. The minimum absolute atomic E-state index is 0.00724. The van der Waals surface area contributed by atoms with Gasteiger partial charge in [0.15, 0.2) is 5.41 Å². The fourth-order valence-electron chi connectivity index (χ4n) is 2.19. The molecule has 0 atom stereocenters. The summed E-state index contributed by atoms with van der Waals surface area (Å²) in [7, 11) is 0. The predicted octanol–water partition coefficient (Wildman–Crippen LogP) is 3.66. The van der Waals surface area contributed by atoms with E-state index in [2.05, 4.69) is 0 Å². The van der Waals surface area contributed by atoms with Gasteiger partial charge in [-0.05, 0) is 40.0 Å². The third-order valence-electron chi connectivity index (χ3n) is 3.49. The van der Waals surface area contributed by atoms with E-state index in [1.54, 1.807) is 20.8 Å². The van der Waals surface area contributed by atoms with Crippen LogP contribution in [0, 0.1) is 28.1 Å². The zero-order valence-electron chi connectivity index (χ0n) is 15.2. The fraction of sp³-hybridized carbons (Fsp3) is 0.778. The molecule has 0 amide bonds. The third-order valence-corrected chi connectivity index (χ3v) is 3.49. The maximum atomic E-state index is 12.7. The summed E-state index contributed by atoms with van der Waals surface area (Å²) in [5.41, 5.74) is -2.37. The van der Waals surface area contributed by atoms with Crippen LogP contribution in [0.3, 0.4) is 0 Å². The van der Waals surface area contributed by atoms with E-state index in [1.165, 1.54) is 0 Å². The van der Waals surface area contributed by atoms with Gasteiger partial charge in [0.2, 0.25) is 0 Å². The highest BCUT2D eigenvalue weighted by Gasteiger charge is 2.49. The molecule has 0 aromatic rings. The first-order valence-electron chi connectivity index (χ1n) is 8.38. The Kier molecular flexibility index (Phi) is 9.73. The molecule has 0 aromatic carbocycles. The summed E-state index contributed by atoms with van der Waals surface area (Å²) in [4.78, 5) is 25.3. The number of rotatable bonds is 10. The van der Waals surface area contributed by atoms with E-state index < -0.39 is 23.0 Å². The van der Waals surface area contributed by atoms with Crippen molar-refractivity contribution in [1.82, 2.24) is 0 Å². The molecular weight excluding hydrogens is 308 g/mol. The summed E-state index contributed by atoms with van der Waals surface area (Å²) in [5, 5.41) is 17.8. The summed E-state index contributed by atoms with van der Waals surface area (Å²) in [5.74, 6) is -1.42. The molecule has 0 rings (SSSR count). The van der Waals surface area contributed by atoms with Gasteiger partial charge in [-0.1, -0.05) is 19.8 Å². The molecule has 0 saturated heterocycles. The lowest BCUT2D eigenvalue weighted by atomic mass is 9.79. The monoisotopic (exact) mass is 336 g/mol. The van der Waals surface area contributed by atoms with Crippen molar-refractivity contribution in [3.8, 4) is 12.1 Å². The first-order valence-corrected chi connectivity index (χ1v) is 8.38. The van der Waals surface area contributed by atoms with Crippen LogP contribution in [0.5, 0.6) is 0 Å². The largest absolute Gasteiger partial charge is 0.465 e. The Morgan fingerprint density at radius 2 is 1.50 bits per heavy atom. The molecular formula is C18H28N2O4. The summed E-state index contributed by atoms with van der Waals surface area (Å²) in [6.45, 7) is 7.37. The second kappa shape index (κ2) is 10.6. The molecule has 0 unspecified atom stereocenters. The predicted molar refractivity (Wildman–Crippen MR) is 88.5 cm³/mol. The molecule has 0 spiro atoms. The lowest BCUT2D eigenvalue weighted by Crippen LogP contribution is -2.45. The standard InChI is InChI=1S/C18H28N2O4/c1-5-6-7-14-23-15(21)18(10-8-12-19,11-9-13-20)16(22)24-17(2,3)4/h5-11,14H2,1-4H3. The van der Waals surface area contributed by atoms with Gasteiger partial charge in [-0.3, -0.25) is 9.59 Å². The van der Waals surface area contributed by atoms with E-state index in [4.69, 9.17) is 20.0 Å². The molecule has 24 heavy (non-hydrogen) atoms. The van der Waals surface area contributed by atoms with Crippen molar-refractivity contribution >= 4 is 11.9 Å². The second-order valence-electron chi connectivity index (χ2n) is 6.74. The Balaban J connectivity index is 5.39. The number of nitriles is 2. The van der Waals surface area contributed by atoms with Crippen molar-refractivity contribution in [3.63, 3.8) is 0 Å². The smallest absolute Gasteiger partial charge is 0.324 e. The van der Waals surface area contributed by atoms with E-state index in [1.807, 2.05) is 19.1 Å². The Morgan fingerprint density at radius 1 is 0.958 bits per heavy atom. The number of esters is 2. The molecule has 134 valence electrons. The first kappa shape index (κ1) is 21.9. The first-order chi connectivity index (χ1) is 11.2. The van der Waals surface area contributed by atoms with Gasteiger partial charge in [-0.25, -0.2) is 0 Å². The number of unbranched alkanes of at least 4 members (excludes halogenated alkanes) is 2. The zero-order valence-corrected chi connectivity index (χ0v) is 15.2. The van der Waals surface area contributed by atoms with Gasteiger partial charge < -0.3 is 9.47 Å². The minimum atomic E-state index is -1.59. The summed E-state index contributed by atoms with van der Waals surface area (Å²) in [6, 6.07) is 3.90. The second-order valence-corrected chi connectivity index (χ2v) is 6.74. The van der Waals surface area contributed by atoms with Gasteiger partial charge in [0, 0.05) is 12.8 Å². The number of carbonyl (C=O) groups excluding carboxylic acids is 2. The normalized spacial score (nSPS) is 11.2. The van der Waals surface area contributed by atoms with Crippen LogP contribution in [0.2, 0.25) is 0 Å². The zero-order chi connectivity index (χ0) is 18.6. The topological polar surface area (TPSA) is 100 Å². The summed E-state index contributed by atoms with van der Waals surface area (Å²) < 4.78 is 10.7. The van der Waals surface area contributed by atoms with E-state index in [-0.39, 0.29) is 32.3 Å². The Bertz CT molecular complexity index is 477. The maximum Gasteiger partial charge on any atom is 0.324 e. The Hall–Kier alpha value is -2.08. The van der Waals surface area contributed by atoms with E-state index >= 15 is 0 Å². The van der Waals surface area contributed by atoms with Crippen molar-refractivity contribution in [2.24, 2.45) is 5.41 Å². The van der Waals surface area contributed by atoms with Crippen LogP contribution in [0.25, 0.3) is 0 Å². The SMILES string of the molecule is CCCCCOC(=O)C(CCC#N)(CCC#N)C(=O)OC(C)(C)C. The third kappa shape index (κ3) is 7.46. The van der Waals surface area contributed by atoms with Crippen LogP contribution in [0.15, 0.2) is 0 Å². The summed E-state index contributed by atoms with van der Waals surface area (Å²) in [6.07, 6.45) is 2.62. The molecule has 0 bridgehead atoms. The van der Waals surface area contributed by atoms with Crippen LogP contribution in [-0.4, -0.2) is 24.1 Å². The van der Waals surface area contributed by atoms with Crippen LogP contribution in [-0.2, 0) is 19.1 Å². The number of nitrogens with zero attached hydrogens (tertiary/aromatic N) is 2. The van der Waals surface area contributed by atoms with Gasteiger partial charge in [0.05, 0.1) is 18.7 Å². The minimum Gasteiger partial charge on any atom is -0.465 e. The molecule has 0 heterocycles. The quantitative estimate of drug-likeness (QED) is 0.343. The van der Waals surface area contributed by atoms with Crippen LogP contribution in [0.4, 0.5) is 0 Å². The van der Waals surface area contributed by atoms with Crippen molar-refractivity contribution in [2.75, 3.05) is 6.61 Å². The molecule has 0 aliphatic carbocycles. The van der Waals surface area contributed by atoms with Crippen LogP contribution in [0.1, 0.15) is 72.6 Å². The van der Waals surface area contributed by atoms with Gasteiger partial charge in [0.1, 0.15) is 5.60 Å². The Labute approximate surface area is 144 Å². The molecule has 0 aliphatic rings. The number of carbonyl (C=O) groups is 2. The average Bonchev–Trinajstić information content (AvgIpc) is 2.50. The lowest BCUT2D eigenvalue weighted by Gasteiger charge is -2.31. The molecule has 0 radical (unpaired) electrons. The van der Waals surface area contributed by atoms with E-state index in [0.29, 0.717) is 6.42 Å². The molecule has 0 N–H and O–H groups in total. The van der Waals surface area contributed by atoms with E-state index in [9.17, 15) is 9.59 Å². The molecule has 0 aromatic heterocycles. The van der Waals surface area contributed by atoms with Crippen LogP contribution < -0.4 is 0 Å². The molecule has 0 saturated carbocycles. The van der Waals surface area contributed by atoms with Crippen molar-refractivity contribution in [3.05, 3.63) is 0 Å². The van der Waals surface area contributed by atoms with Crippen molar-refractivity contribution in [2.45, 2.75) is 78.2 Å². The highest BCUT2D eigenvalue weighted by molar-refractivity contribution is 6.00. The van der Waals surface area contributed by atoms with Crippen molar-refractivity contribution in [1.29, 1.82) is 10.5 Å². The number of hydrogen-bond acceptors (Lipinski definition) is 6. The lowest BCUT2D eigenvalue weighted by molar-refractivity contribution is -0.181. The van der Waals surface area contributed by atoms with E-state index in [0.717, 1.165) is 12.8 Å². The summed E-state index contributed by atoms with van der Waals surface area (Å²) >= 11 is 0. The van der Waals surface area contributed by atoms with Gasteiger partial charge in [-0.15, -0.1) is 0 Å². The molecule has 6 nitrogen and oxygen atoms in total. The Morgan fingerprint density at radius 3 is 1.92 bits per heavy atom. The fourth-order valence-corrected chi connectivity index (χ4v) is 2.19. The van der Waals surface area contributed by atoms with Gasteiger partial charge in [-0.2, -0.15) is 10.5 Å². The van der Waals surface area contributed by atoms with Crippen molar-refractivity contribution < 1.29 is 19.1 Å². The van der Waals surface area contributed by atoms with Crippen LogP contribution >= 0.6 is 0 Å². The molecule has 0 aliphatic heterocycles. The highest BCUT2D eigenvalue weighted by atomic mass is 16.6. The average molecular weight is 336 g/mol. The number of ether oxygens (including phenoxy) is 2. The molecule has 6 heteroatoms. The van der Waals surface area contributed by atoms with Gasteiger partial charge >= 0.3 is 11.9 Å². The van der Waals surface area contributed by atoms with Gasteiger partial charge in [0.25, 0.3) is 0 Å². The number of hydrogen-bond donors (Lipinski definition) is 0. The molecule has 0 fully saturated rings. The maximum absolute atomic E-state index is 12.7.